The van der Waals surface area contributed by atoms with Gasteiger partial charge in [-0.3, -0.25) is 0 Å². The van der Waals surface area contributed by atoms with Crippen molar-refractivity contribution in [3.05, 3.63) is 224 Å². The predicted octanol–water partition coefficient (Wildman–Crippen LogP) is 14.9. The SMILES string of the molecule is C1=CC(N(c2ccc(-c3ccccc3)cc2)c2ccc3ccccc3c2)C2C(=C1)c1c(cc3oc4ccccc4c3c1-c1ccc3ccccc3c1)N2c1ccccc1. The molecule has 0 saturated carbocycles. The minimum atomic E-state index is -0.0844. The van der Waals surface area contributed by atoms with Crippen molar-refractivity contribution < 1.29 is 4.42 Å². The number of allylic oxidation sites excluding steroid dienone is 2. The lowest BCUT2D eigenvalue weighted by molar-refractivity contribution is 0.667. The van der Waals surface area contributed by atoms with Crippen LogP contribution in [0.2, 0.25) is 0 Å². The lowest BCUT2D eigenvalue weighted by atomic mass is 9.85. The molecule has 12 rings (SSSR count). The molecular formula is C56H38N2O. The Balaban J connectivity index is 1.11. The van der Waals surface area contributed by atoms with E-state index in [1.54, 1.807) is 0 Å². The van der Waals surface area contributed by atoms with Gasteiger partial charge in [0.1, 0.15) is 11.2 Å². The van der Waals surface area contributed by atoms with Crippen LogP contribution in [0.1, 0.15) is 5.56 Å². The quantitative estimate of drug-likeness (QED) is 0.169. The van der Waals surface area contributed by atoms with Gasteiger partial charge in [-0.25, -0.2) is 0 Å². The zero-order chi connectivity index (χ0) is 38.9. The Hall–Kier alpha value is -7.62. The van der Waals surface area contributed by atoms with Crippen LogP contribution in [-0.2, 0) is 0 Å². The zero-order valence-corrected chi connectivity index (χ0v) is 32.2. The molecule has 278 valence electrons. The molecule has 9 aromatic carbocycles. The first-order valence-electron chi connectivity index (χ1n) is 20.4. The van der Waals surface area contributed by atoms with Gasteiger partial charge in [-0.1, -0.05) is 164 Å². The molecule has 0 amide bonds. The van der Waals surface area contributed by atoms with Crippen molar-refractivity contribution in [2.75, 3.05) is 9.80 Å². The van der Waals surface area contributed by atoms with Gasteiger partial charge in [0, 0.05) is 45.0 Å². The van der Waals surface area contributed by atoms with Gasteiger partial charge < -0.3 is 14.2 Å². The van der Waals surface area contributed by atoms with Gasteiger partial charge in [0.15, 0.2) is 0 Å². The molecule has 3 nitrogen and oxygen atoms in total. The highest BCUT2D eigenvalue weighted by atomic mass is 16.3. The number of anilines is 4. The third kappa shape index (κ3) is 5.43. The molecule has 0 bridgehead atoms. The number of furan rings is 1. The number of rotatable bonds is 6. The second-order valence-corrected chi connectivity index (χ2v) is 15.6. The molecule has 1 aliphatic heterocycles. The highest BCUT2D eigenvalue weighted by Gasteiger charge is 2.45. The molecule has 2 heterocycles. The van der Waals surface area contributed by atoms with E-state index in [4.69, 9.17) is 4.42 Å². The van der Waals surface area contributed by atoms with Crippen molar-refractivity contribution in [1.29, 1.82) is 0 Å². The second kappa shape index (κ2) is 13.5. The summed E-state index contributed by atoms with van der Waals surface area (Å²) >= 11 is 0. The summed E-state index contributed by atoms with van der Waals surface area (Å²) in [6, 6.07) is 72.4. The topological polar surface area (TPSA) is 19.6 Å². The van der Waals surface area contributed by atoms with E-state index >= 15 is 0 Å². The van der Waals surface area contributed by atoms with Crippen LogP contribution in [0, 0.1) is 0 Å². The van der Waals surface area contributed by atoms with E-state index in [0.29, 0.717) is 0 Å². The fraction of sp³-hybridized carbons (Fsp3) is 0.0357. The number of fused-ring (bicyclic) bond motifs is 8. The van der Waals surface area contributed by atoms with Crippen LogP contribution in [0.5, 0.6) is 0 Å². The fourth-order valence-corrected chi connectivity index (χ4v) is 9.70. The Morgan fingerprint density at radius 2 is 1.07 bits per heavy atom. The molecule has 59 heavy (non-hydrogen) atoms. The number of hydrogen-bond acceptors (Lipinski definition) is 3. The average Bonchev–Trinajstić information content (AvgIpc) is 3.85. The maximum atomic E-state index is 6.79. The van der Waals surface area contributed by atoms with Gasteiger partial charge >= 0.3 is 0 Å². The third-order valence-corrected chi connectivity index (χ3v) is 12.3. The van der Waals surface area contributed by atoms with Crippen LogP contribution in [-0.4, -0.2) is 12.1 Å². The van der Waals surface area contributed by atoms with Crippen LogP contribution in [0.4, 0.5) is 22.7 Å². The van der Waals surface area contributed by atoms with Crippen molar-refractivity contribution in [3.63, 3.8) is 0 Å². The maximum Gasteiger partial charge on any atom is 0.138 e. The fourth-order valence-electron chi connectivity index (χ4n) is 9.70. The summed E-state index contributed by atoms with van der Waals surface area (Å²) in [4.78, 5) is 5.12. The van der Waals surface area contributed by atoms with Crippen molar-refractivity contribution >= 4 is 71.8 Å². The smallest absolute Gasteiger partial charge is 0.138 e. The van der Waals surface area contributed by atoms with Gasteiger partial charge in [0.05, 0.1) is 17.8 Å². The normalized spacial score (nSPS) is 15.8. The van der Waals surface area contributed by atoms with Crippen molar-refractivity contribution in [1.82, 2.24) is 0 Å². The first kappa shape index (κ1) is 33.5. The molecule has 2 aliphatic rings. The number of benzene rings is 9. The number of nitrogens with zero attached hydrogens (tertiary/aromatic N) is 2. The summed E-state index contributed by atoms with van der Waals surface area (Å²) in [5, 5.41) is 7.16. The van der Waals surface area contributed by atoms with Gasteiger partial charge in [-0.15, -0.1) is 0 Å². The van der Waals surface area contributed by atoms with Gasteiger partial charge in [-0.2, -0.15) is 0 Å². The van der Waals surface area contributed by atoms with E-state index in [9.17, 15) is 0 Å². The van der Waals surface area contributed by atoms with E-state index < -0.39 is 0 Å². The summed E-state index contributed by atoms with van der Waals surface area (Å²) < 4.78 is 6.79. The van der Waals surface area contributed by atoms with E-state index in [1.807, 2.05) is 0 Å². The van der Waals surface area contributed by atoms with Crippen LogP contribution >= 0.6 is 0 Å². The van der Waals surface area contributed by atoms with E-state index in [-0.39, 0.29) is 12.1 Å². The molecule has 1 aromatic heterocycles. The Bertz CT molecular complexity index is 3290. The van der Waals surface area contributed by atoms with Crippen molar-refractivity contribution in [2.45, 2.75) is 12.1 Å². The van der Waals surface area contributed by atoms with E-state index in [2.05, 4.69) is 228 Å². The predicted molar refractivity (Wildman–Crippen MR) is 248 cm³/mol. The second-order valence-electron chi connectivity index (χ2n) is 15.6. The van der Waals surface area contributed by atoms with E-state index in [0.717, 1.165) is 44.7 Å². The Morgan fingerprint density at radius 1 is 0.458 bits per heavy atom. The summed E-state index contributed by atoms with van der Waals surface area (Å²) in [6.45, 7) is 0. The van der Waals surface area contributed by atoms with Gasteiger partial charge in [-0.05, 0) is 92.3 Å². The Morgan fingerprint density at radius 3 is 1.85 bits per heavy atom. The lowest BCUT2D eigenvalue weighted by Gasteiger charge is -2.42. The minimum absolute atomic E-state index is 0.0744. The molecule has 3 heteroatoms. The monoisotopic (exact) mass is 754 g/mol. The molecular weight excluding hydrogens is 717 g/mol. The number of para-hydroxylation sites is 2. The molecule has 0 saturated heterocycles. The first-order valence-corrected chi connectivity index (χ1v) is 20.4. The summed E-state index contributed by atoms with van der Waals surface area (Å²) in [7, 11) is 0. The summed E-state index contributed by atoms with van der Waals surface area (Å²) in [5.41, 5.74) is 13.7. The molecule has 0 N–H and O–H groups in total. The Labute approximate surface area is 343 Å². The van der Waals surface area contributed by atoms with Crippen LogP contribution < -0.4 is 9.80 Å². The van der Waals surface area contributed by atoms with Gasteiger partial charge in [0.2, 0.25) is 0 Å². The van der Waals surface area contributed by atoms with E-state index in [1.165, 1.54) is 54.9 Å². The van der Waals surface area contributed by atoms with Gasteiger partial charge in [0.25, 0.3) is 0 Å². The average molecular weight is 755 g/mol. The highest BCUT2D eigenvalue weighted by molar-refractivity contribution is 6.19. The van der Waals surface area contributed by atoms with Crippen LogP contribution in [0.3, 0.4) is 0 Å². The Kier molecular flexibility index (Phi) is 7.67. The largest absolute Gasteiger partial charge is 0.456 e. The van der Waals surface area contributed by atoms with Crippen LogP contribution in [0.25, 0.3) is 71.3 Å². The minimum Gasteiger partial charge on any atom is -0.456 e. The summed E-state index contributed by atoms with van der Waals surface area (Å²) in [5.74, 6) is 0. The lowest BCUT2D eigenvalue weighted by Crippen LogP contribution is -2.47. The number of hydrogen-bond donors (Lipinski definition) is 0. The molecule has 2 unspecified atom stereocenters. The molecule has 10 aromatic rings. The molecule has 2 atom stereocenters. The van der Waals surface area contributed by atoms with Crippen molar-refractivity contribution in [2.24, 2.45) is 0 Å². The zero-order valence-electron chi connectivity index (χ0n) is 32.2. The van der Waals surface area contributed by atoms with Crippen LogP contribution in [0.15, 0.2) is 223 Å². The van der Waals surface area contributed by atoms with Crippen molar-refractivity contribution in [3.8, 4) is 22.3 Å². The molecule has 0 spiro atoms. The summed E-state index contributed by atoms with van der Waals surface area (Å²) in [6.07, 6.45) is 7.03. The molecule has 1 aliphatic carbocycles. The highest BCUT2D eigenvalue weighted by Crippen LogP contribution is 2.56. The molecule has 0 fully saturated rings. The molecule has 0 radical (unpaired) electrons. The third-order valence-electron chi connectivity index (χ3n) is 12.3. The first-order chi connectivity index (χ1) is 29.3. The maximum absolute atomic E-state index is 6.79. The standard InChI is InChI=1S/C56H38N2O/c1-3-14-37(15-4-1)40-28-31-45(32-29-40)57(46-33-30-39-17-8-10-19-42(39)35-46)49-24-13-23-48-54-50(58(56(48)49)44-20-5-2-6-21-44)36-52-55(47-22-11-12-25-51(47)59-52)53(54)43-27-26-38-16-7-9-18-41(38)34-43/h1-36,49,56H.